The molecule has 0 heterocycles. The van der Waals surface area contributed by atoms with Crippen LogP contribution in [0.5, 0.6) is 0 Å². The van der Waals surface area contributed by atoms with Crippen molar-refractivity contribution in [1.29, 1.82) is 0 Å². The second-order valence-electron chi connectivity index (χ2n) is 20.9. The van der Waals surface area contributed by atoms with E-state index in [0.717, 1.165) is 17.1 Å². The van der Waals surface area contributed by atoms with Crippen LogP contribution in [0.3, 0.4) is 0 Å². The average molecular weight is 934 g/mol. The second-order valence-corrected chi connectivity index (χ2v) is 20.9. The van der Waals surface area contributed by atoms with E-state index in [4.69, 9.17) is 0 Å². The van der Waals surface area contributed by atoms with Gasteiger partial charge in [0.15, 0.2) is 0 Å². The highest BCUT2D eigenvalue weighted by molar-refractivity contribution is 5.90. The molecule has 0 saturated heterocycles. The first-order chi connectivity index (χ1) is 35.7. The third-order valence-electron chi connectivity index (χ3n) is 15.9. The standard InChI is InChI=1S/C72H55N/c1-71(2)67-44-58(50-19-12-7-13-20-50)33-39-63(67)65-41-37-61(46-69(65)71)73(60-35-31-55(32-36-60)57-22-14-21-56(43-57)49-17-10-6-11-18-49)62-38-42-66-64-40-34-59(45-68(64)72(3,4)70(66)47-62)54-29-27-53(28-30-54)52-25-23-51(24-26-52)48-15-8-5-9-16-48/h5-47H,1-4H3. The predicted molar refractivity (Wildman–Crippen MR) is 309 cm³/mol. The molecule has 0 N–H and O–H groups in total. The zero-order chi connectivity index (χ0) is 49.3. The summed E-state index contributed by atoms with van der Waals surface area (Å²) in [5.41, 5.74) is 28.3. The Hall–Kier alpha value is -8.78. The van der Waals surface area contributed by atoms with Gasteiger partial charge in [0.05, 0.1) is 0 Å². The maximum atomic E-state index is 2.47. The van der Waals surface area contributed by atoms with Crippen LogP contribution in [0, 0.1) is 0 Å². The normalized spacial score (nSPS) is 13.4. The highest BCUT2D eigenvalue weighted by Crippen LogP contribution is 2.54. The number of benzene rings is 11. The van der Waals surface area contributed by atoms with Crippen LogP contribution in [0.15, 0.2) is 261 Å². The fourth-order valence-corrected chi connectivity index (χ4v) is 11.8. The van der Waals surface area contributed by atoms with Gasteiger partial charge in [-0.05, 0) is 166 Å². The number of rotatable bonds is 9. The van der Waals surface area contributed by atoms with Gasteiger partial charge in [-0.15, -0.1) is 0 Å². The summed E-state index contributed by atoms with van der Waals surface area (Å²) in [4.78, 5) is 2.47. The van der Waals surface area contributed by atoms with Crippen LogP contribution in [-0.2, 0) is 10.8 Å². The Labute approximate surface area is 430 Å². The molecule has 0 radical (unpaired) electrons. The lowest BCUT2D eigenvalue weighted by Gasteiger charge is -2.30. The van der Waals surface area contributed by atoms with Crippen LogP contribution in [0.4, 0.5) is 17.1 Å². The molecule has 2 aliphatic rings. The fourth-order valence-electron chi connectivity index (χ4n) is 11.8. The van der Waals surface area contributed by atoms with Gasteiger partial charge in [-0.3, -0.25) is 0 Å². The third-order valence-corrected chi connectivity index (χ3v) is 15.9. The van der Waals surface area contributed by atoms with Gasteiger partial charge in [-0.1, -0.05) is 234 Å². The maximum Gasteiger partial charge on any atom is 0.0465 e. The molecule has 0 amide bonds. The lowest BCUT2D eigenvalue weighted by molar-refractivity contribution is 0.660. The molecule has 0 aromatic heterocycles. The Morgan fingerprint density at radius 1 is 0.205 bits per heavy atom. The first-order valence-electron chi connectivity index (χ1n) is 25.6. The van der Waals surface area contributed by atoms with Gasteiger partial charge in [0.1, 0.15) is 0 Å². The van der Waals surface area contributed by atoms with Crippen LogP contribution in [0.25, 0.3) is 89.0 Å². The van der Waals surface area contributed by atoms with Crippen molar-refractivity contribution >= 4 is 17.1 Å². The Morgan fingerprint density at radius 3 is 0.836 bits per heavy atom. The van der Waals surface area contributed by atoms with E-state index < -0.39 is 0 Å². The topological polar surface area (TPSA) is 3.24 Å². The van der Waals surface area contributed by atoms with Gasteiger partial charge < -0.3 is 4.90 Å². The molecule has 0 bridgehead atoms. The summed E-state index contributed by atoms with van der Waals surface area (Å²) in [6.07, 6.45) is 0. The molecule has 0 fully saturated rings. The summed E-state index contributed by atoms with van der Waals surface area (Å²) in [7, 11) is 0. The van der Waals surface area contributed by atoms with Gasteiger partial charge in [0.25, 0.3) is 0 Å². The number of hydrogen-bond acceptors (Lipinski definition) is 1. The molecular formula is C72H55N. The van der Waals surface area contributed by atoms with E-state index in [1.807, 2.05) is 0 Å². The van der Waals surface area contributed by atoms with Crippen molar-refractivity contribution in [2.75, 3.05) is 4.90 Å². The molecule has 73 heavy (non-hydrogen) atoms. The predicted octanol–water partition coefficient (Wildman–Crippen LogP) is 19.8. The molecule has 0 aliphatic heterocycles. The first kappa shape index (κ1) is 44.2. The van der Waals surface area contributed by atoms with E-state index in [1.54, 1.807) is 0 Å². The van der Waals surface area contributed by atoms with Gasteiger partial charge in [-0.2, -0.15) is 0 Å². The zero-order valence-corrected chi connectivity index (χ0v) is 41.8. The SMILES string of the molecule is CC1(C)c2cc(-c3ccccc3)ccc2-c2ccc(N(c3ccc(-c4cccc(-c5ccccc5)c4)cc3)c3ccc4c(c3)C(C)(C)c3cc(-c5ccc(-c6ccc(-c7ccccc7)cc6)cc5)ccc3-4)cc21. The molecule has 0 saturated carbocycles. The quantitative estimate of drug-likeness (QED) is 0.139. The molecule has 11 aromatic carbocycles. The molecule has 0 atom stereocenters. The van der Waals surface area contributed by atoms with E-state index in [1.165, 1.54) is 111 Å². The van der Waals surface area contributed by atoms with Crippen LogP contribution in [0.2, 0.25) is 0 Å². The van der Waals surface area contributed by atoms with Crippen molar-refractivity contribution in [2.24, 2.45) is 0 Å². The van der Waals surface area contributed by atoms with Gasteiger partial charge >= 0.3 is 0 Å². The second kappa shape index (κ2) is 17.5. The van der Waals surface area contributed by atoms with Crippen molar-refractivity contribution in [1.82, 2.24) is 0 Å². The van der Waals surface area contributed by atoms with E-state index in [9.17, 15) is 0 Å². The van der Waals surface area contributed by atoms with Crippen molar-refractivity contribution in [3.8, 4) is 89.0 Å². The molecule has 1 heteroatoms. The van der Waals surface area contributed by atoms with Gasteiger partial charge in [0, 0.05) is 27.9 Å². The molecule has 348 valence electrons. The number of hydrogen-bond donors (Lipinski definition) is 0. The first-order valence-corrected chi connectivity index (χ1v) is 25.6. The maximum absolute atomic E-state index is 2.47. The van der Waals surface area contributed by atoms with Crippen molar-refractivity contribution in [3.63, 3.8) is 0 Å². The Morgan fingerprint density at radius 2 is 0.452 bits per heavy atom. The molecule has 13 rings (SSSR count). The van der Waals surface area contributed by atoms with Gasteiger partial charge in [0.2, 0.25) is 0 Å². The summed E-state index contributed by atoms with van der Waals surface area (Å²) in [6, 6.07) is 96.4. The van der Waals surface area contributed by atoms with Crippen LogP contribution in [-0.4, -0.2) is 0 Å². The van der Waals surface area contributed by atoms with Crippen LogP contribution < -0.4 is 4.90 Å². The lowest BCUT2D eigenvalue weighted by Crippen LogP contribution is -2.18. The van der Waals surface area contributed by atoms with E-state index in [-0.39, 0.29) is 10.8 Å². The minimum absolute atomic E-state index is 0.196. The van der Waals surface area contributed by atoms with Crippen LogP contribution >= 0.6 is 0 Å². The number of anilines is 3. The summed E-state index contributed by atoms with van der Waals surface area (Å²) < 4.78 is 0. The molecule has 2 aliphatic carbocycles. The molecule has 0 spiro atoms. The summed E-state index contributed by atoms with van der Waals surface area (Å²) in [5.74, 6) is 0. The Kier molecular flexibility index (Phi) is 10.6. The van der Waals surface area contributed by atoms with Crippen LogP contribution in [0.1, 0.15) is 49.9 Å². The average Bonchev–Trinajstić information content (AvgIpc) is 3.82. The lowest BCUT2D eigenvalue weighted by atomic mass is 9.81. The van der Waals surface area contributed by atoms with Crippen molar-refractivity contribution < 1.29 is 0 Å². The van der Waals surface area contributed by atoms with Gasteiger partial charge in [-0.25, -0.2) is 0 Å². The molecule has 1 nitrogen and oxygen atoms in total. The minimum atomic E-state index is -0.228. The molecular weight excluding hydrogens is 879 g/mol. The molecule has 11 aromatic rings. The van der Waals surface area contributed by atoms with E-state index in [0.29, 0.717) is 0 Å². The highest BCUT2D eigenvalue weighted by atomic mass is 15.1. The summed E-state index contributed by atoms with van der Waals surface area (Å²) in [5, 5.41) is 0. The van der Waals surface area contributed by atoms with E-state index in [2.05, 4.69) is 293 Å². The zero-order valence-electron chi connectivity index (χ0n) is 41.8. The number of nitrogens with zero attached hydrogens (tertiary/aromatic N) is 1. The largest absolute Gasteiger partial charge is 0.310 e. The fraction of sp³-hybridized carbons (Fsp3) is 0.0833. The Balaban J connectivity index is 0.854. The minimum Gasteiger partial charge on any atom is -0.310 e. The Bertz CT molecular complexity index is 3850. The van der Waals surface area contributed by atoms with E-state index >= 15 is 0 Å². The highest BCUT2D eigenvalue weighted by Gasteiger charge is 2.38. The summed E-state index contributed by atoms with van der Waals surface area (Å²) in [6.45, 7) is 9.58. The number of fused-ring (bicyclic) bond motifs is 6. The van der Waals surface area contributed by atoms with Crippen molar-refractivity contribution in [2.45, 2.75) is 38.5 Å². The summed E-state index contributed by atoms with van der Waals surface area (Å²) >= 11 is 0. The smallest absolute Gasteiger partial charge is 0.0465 e. The third kappa shape index (κ3) is 7.72. The molecule has 0 unspecified atom stereocenters. The van der Waals surface area contributed by atoms with Crippen molar-refractivity contribution in [3.05, 3.63) is 283 Å². The monoisotopic (exact) mass is 933 g/mol.